The summed E-state index contributed by atoms with van der Waals surface area (Å²) in [7, 11) is 0. The summed E-state index contributed by atoms with van der Waals surface area (Å²) in [6, 6.07) is 0. The summed E-state index contributed by atoms with van der Waals surface area (Å²) in [4.78, 5) is 0. The molecule has 25 heavy (non-hydrogen) atoms. The van der Waals surface area contributed by atoms with Gasteiger partial charge in [0, 0.05) is 52.4 Å². The van der Waals surface area contributed by atoms with Crippen molar-refractivity contribution < 1.29 is 42.5 Å². The maximum Gasteiger partial charge on any atom is 4.00 e. The Labute approximate surface area is 170 Å². The summed E-state index contributed by atoms with van der Waals surface area (Å²) in [6.07, 6.45) is 0. The first-order valence-corrected chi connectivity index (χ1v) is 8.99. The van der Waals surface area contributed by atoms with E-state index in [0.29, 0.717) is 0 Å². The van der Waals surface area contributed by atoms with Crippen LogP contribution in [0.4, 0.5) is 0 Å². The van der Waals surface area contributed by atoms with Crippen molar-refractivity contribution in [1.82, 2.24) is 20.3 Å². The molecule has 0 saturated heterocycles. The molecule has 0 saturated carbocycles. The summed E-state index contributed by atoms with van der Waals surface area (Å²) >= 11 is 0. The fourth-order valence-corrected chi connectivity index (χ4v) is 0.894. The molecule has 0 fully saturated rings. The van der Waals surface area contributed by atoms with Gasteiger partial charge in [0.25, 0.3) is 0 Å². The van der Waals surface area contributed by atoms with Crippen molar-refractivity contribution in [2.75, 3.05) is 52.4 Å². The standard InChI is InChI=1S/4C4H11NO.Ti/c4*1-3-5(6)4-2;/h4*6H,3-4H2,1-2H3;/q;;;;+4. The van der Waals surface area contributed by atoms with E-state index in [1.165, 1.54) is 20.3 Å². The van der Waals surface area contributed by atoms with Crippen LogP contribution in [0.3, 0.4) is 0 Å². The quantitative estimate of drug-likeness (QED) is 0.363. The zero-order valence-corrected chi connectivity index (χ0v) is 19.3. The molecule has 4 N–H and O–H groups in total. The second kappa shape index (κ2) is 32.1. The fourth-order valence-electron chi connectivity index (χ4n) is 0.894. The molecule has 0 atom stereocenters. The maximum absolute atomic E-state index is 8.50. The molecule has 0 rings (SSSR count). The summed E-state index contributed by atoms with van der Waals surface area (Å²) < 4.78 is 0. The summed E-state index contributed by atoms with van der Waals surface area (Å²) in [5.74, 6) is 0. The van der Waals surface area contributed by atoms with Crippen molar-refractivity contribution in [3.05, 3.63) is 0 Å². The Hall–Kier alpha value is 0.394. The number of rotatable bonds is 8. The van der Waals surface area contributed by atoms with Crippen LogP contribution in [0.5, 0.6) is 0 Å². The van der Waals surface area contributed by atoms with Crippen molar-refractivity contribution in [3.63, 3.8) is 0 Å². The molecule has 152 valence electrons. The van der Waals surface area contributed by atoms with E-state index in [9.17, 15) is 0 Å². The van der Waals surface area contributed by atoms with Gasteiger partial charge in [0.05, 0.1) is 0 Å². The third-order valence-corrected chi connectivity index (χ3v) is 2.92. The topological polar surface area (TPSA) is 93.9 Å². The molecule has 0 aromatic rings. The zero-order chi connectivity index (χ0) is 20.0. The molecule has 0 bridgehead atoms. The van der Waals surface area contributed by atoms with E-state index in [1.807, 2.05) is 55.4 Å². The molecular formula is C16H44N4O4Ti+4. The van der Waals surface area contributed by atoms with Crippen molar-refractivity contribution in [2.24, 2.45) is 0 Å². The van der Waals surface area contributed by atoms with E-state index >= 15 is 0 Å². The minimum absolute atomic E-state index is 0. The van der Waals surface area contributed by atoms with Crippen LogP contribution in [0.25, 0.3) is 0 Å². The normalized spacial score (nSPS) is 9.60. The number of nitrogens with zero attached hydrogens (tertiary/aromatic N) is 4. The van der Waals surface area contributed by atoms with Crippen molar-refractivity contribution in [3.8, 4) is 0 Å². The van der Waals surface area contributed by atoms with Gasteiger partial charge in [0.1, 0.15) is 0 Å². The fraction of sp³-hybridized carbons (Fsp3) is 1.00. The second-order valence-electron chi connectivity index (χ2n) is 4.56. The van der Waals surface area contributed by atoms with Gasteiger partial charge in [0.15, 0.2) is 0 Å². The molecule has 0 aliphatic rings. The molecule has 9 heteroatoms. The third-order valence-electron chi connectivity index (χ3n) is 2.92. The Balaban J connectivity index is -0.0000000702. The van der Waals surface area contributed by atoms with E-state index in [2.05, 4.69) is 0 Å². The Morgan fingerprint density at radius 2 is 0.440 bits per heavy atom. The molecule has 0 heterocycles. The maximum atomic E-state index is 8.50. The van der Waals surface area contributed by atoms with Gasteiger partial charge in [-0.2, -0.15) is 20.3 Å². The van der Waals surface area contributed by atoms with Gasteiger partial charge >= 0.3 is 21.7 Å². The van der Waals surface area contributed by atoms with Gasteiger partial charge in [0.2, 0.25) is 0 Å². The first-order chi connectivity index (χ1) is 11.2. The second-order valence-corrected chi connectivity index (χ2v) is 4.56. The van der Waals surface area contributed by atoms with E-state index in [0.717, 1.165) is 52.4 Å². The molecule has 0 aromatic heterocycles. The first kappa shape index (κ1) is 36.3. The van der Waals surface area contributed by atoms with Crippen LogP contribution in [0.2, 0.25) is 0 Å². The van der Waals surface area contributed by atoms with Crippen molar-refractivity contribution in [1.29, 1.82) is 0 Å². The van der Waals surface area contributed by atoms with Crippen LogP contribution in [-0.2, 0) is 21.7 Å². The molecule has 0 radical (unpaired) electrons. The smallest absolute Gasteiger partial charge is 0.314 e. The van der Waals surface area contributed by atoms with Crippen LogP contribution in [0.1, 0.15) is 55.4 Å². The molecule has 0 unspecified atom stereocenters. The van der Waals surface area contributed by atoms with Gasteiger partial charge < -0.3 is 20.8 Å². The predicted molar refractivity (Wildman–Crippen MR) is 98.8 cm³/mol. The number of hydroxylamine groups is 8. The summed E-state index contributed by atoms with van der Waals surface area (Å²) in [6.45, 7) is 21.0. The number of hydrogen-bond donors (Lipinski definition) is 4. The molecule has 0 spiro atoms. The Morgan fingerprint density at radius 3 is 0.440 bits per heavy atom. The average Bonchev–Trinajstić information content (AvgIpc) is 2.66. The van der Waals surface area contributed by atoms with Gasteiger partial charge in [-0.05, 0) is 0 Å². The Morgan fingerprint density at radius 1 is 0.360 bits per heavy atom. The summed E-state index contributed by atoms with van der Waals surface area (Å²) in [5, 5.41) is 39.0. The average molecular weight is 404 g/mol. The van der Waals surface area contributed by atoms with E-state index in [1.54, 1.807) is 0 Å². The molecule has 0 aliphatic carbocycles. The molecule has 0 aliphatic heterocycles. The van der Waals surface area contributed by atoms with Gasteiger partial charge in [-0.15, -0.1) is 0 Å². The van der Waals surface area contributed by atoms with Gasteiger partial charge in [-0.3, -0.25) is 0 Å². The first-order valence-electron chi connectivity index (χ1n) is 8.99. The monoisotopic (exact) mass is 404 g/mol. The van der Waals surface area contributed by atoms with E-state index < -0.39 is 0 Å². The molecule has 0 aromatic carbocycles. The molecular weight excluding hydrogens is 360 g/mol. The SMILES string of the molecule is CCN(O)CC.CCN(O)CC.CCN(O)CC.CCN(O)CC.[Ti+4]. The van der Waals surface area contributed by atoms with Crippen molar-refractivity contribution >= 4 is 0 Å². The minimum Gasteiger partial charge on any atom is -0.314 e. The van der Waals surface area contributed by atoms with E-state index in [4.69, 9.17) is 20.8 Å². The Bertz CT molecular complexity index is 153. The van der Waals surface area contributed by atoms with Gasteiger partial charge in [-0.1, -0.05) is 55.4 Å². The van der Waals surface area contributed by atoms with Crippen LogP contribution in [-0.4, -0.2) is 93.4 Å². The predicted octanol–water partition coefficient (Wildman–Crippen LogP) is 2.87. The van der Waals surface area contributed by atoms with Crippen LogP contribution in [0, 0.1) is 0 Å². The zero-order valence-electron chi connectivity index (χ0n) is 17.7. The van der Waals surface area contributed by atoms with Crippen LogP contribution >= 0.6 is 0 Å². The number of hydrogen-bond acceptors (Lipinski definition) is 8. The minimum atomic E-state index is 0. The third kappa shape index (κ3) is 45.5. The van der Waals surface area contributed by atoms with Gasteiger partial charge in [-0.25, -0.2) is 0 Å². The largest absolute Gasteiger partial charge is 4.00 e. The molecule has 0 amide bonds. The van der Waals surface area contributed by atoms with Crippen LogP contribution in [0.15, 0.2) is 0 Å². The van der Waals surface area contributed by atoms with E-state index in [-0.39, 0.29) is 21.7 Å². The summed E-state index contributed by atoms with van der Waals surface area (Å²) in [5.41, 5.74) is 0. The Kier molecular flexibility index (Phi) is 46.6. The van der Waals surface area contributed by atoms with Crippen LogP contribution < -0.4 is 0 Å². The molecule has 8 nitrogen and oxygen atoms in total. The van der Waals surface area contributed by atoms with Crippen molar-refractivity contribution in [2.45, 2.75) is 55.4 Å².